The summed E-state index contributed by atoms with van der Waals surface area (Å²) in [5, 5.41) is 0. The van der Waals surface area contributed by atoms with Crippen LogP contribution in [0.4, 0.5) is 5.69 Å². The maximum Gasteiger partial charge on any atom is 0.305 e. The molecule has 0 aromatic heterocycles. The normalized spacial score (nSPS) is 30.1. The quantitative estimate of drug-likeness (QED) is 0.333. The molecule has 8 heteroatoms. The fraction of sp³-hybridized carbons (Fsp3) is 0.400. The third kappa shape index (κ3) is 2.56. The molecular weight excluding hydrogens is 366 g/mol. The van der Waals surface area contributed by atoms with Crippen LogP contribution in [0.25, 0.3) is 0 Å². The molecule has 0 saturated carbocycles. The molecule has 3 aliphatic heterocycles. The third-order valence-corrected chi connectivity index (χ3v) is 5.25. The van der Waals surface area contributed by atoms with E-state index in [1.54, 1.807) is 30.4 Å². The Balaban J connectivity index is 1.75. The summed E-state index contributed by atoms with van der Waals surface area (Å²) in [5.41, 5.74) is -0.159. The predicted molar refractivity (Wildman–Crippen MR) is 94.7 cm³/mol. The van der Waals surface area contributed by atoms with Crippen LogP contribution in [0.3, 0.4) is 0 Å². The molecule has 28 heavy (non-hydrogen) atoms. The van der Waals surface area contributed by atoms with Crippen molar-refractivity contribution in [2.45, 2.75) is 38.8 Å². The van der Waals surface area contributed by atoms with E-state index in [0.29, 0.717) is 5.69 Å². The van der Waals surface area contributed by atoms with Gasteiger partial charge in [-0.2, -0.15) is 0 Å². The zero-order valence-electron chi connectivity index (χ0n) is 15.6. The van der Waals surface area contributed by atoms with Gasteiger partial charge in [-0.05, 0) is 30.7 Å². The minimum absolute atomic E-state index is 0.388. The summed E-state index contributed by atoms with van der Waals surface area (Å²) >= 11 is 0. The Bertz CT molecular complexity index is 907. The molecule has 146 valence electrons. The van der Waals surface area contributed by atoms with Crippen molar-refractivity contribution in [3.8, 4) is 0 Å². The van der Waals surface area contributed by atoms with Gasteiger partial charge < -0.3 is 14.2 Å². The molecule has 2 saturated heterocycles. The zero-order valence-corrected chi connectivity index (χ0v) is 15.6. The van der Waals surface area contributed by atoms with Gasteiger partial charge >= 0.3 is 11.9 Å². The maximum atomic E-state index is 13.3. The molecule has 0 aliphatic carbocycles. The number of hydrogen-bond acceptors (Lipinski definition) is 7. The van der Waals surface area contributed by atoms with Crippen LogP contribution in [-0.4, -0.2) is 41.7 Å². The molecule has 8 nitrogen and oxygen atoms in total. The first-order valence-corrected chi connectivity index (χ1v) is 8.90. The largest absolute Gasteiger partial charge is 0.422 e. The highest BCUT2D eigenvalue weighted by atomic mass is 16.7. The van der Waals surface area contributed by atoms with E-state index in [2.05, 4.69) is 0 Å². The van der Waals surface area contributed by atoms with Gasteiger partial charge in [-0.3, -0.25) is 19.2 Å². The number of carbonyl (C=O) groups excluding carboxylic acids is 4. The van der Waals surface area contributed by atoms with Crippen LogP contribution >= 0.6 is 0 Å². The van der Waals surface area contributed by atoms with Crippen LogP contribution in [0, 0.1) is 18.8 Å². The predicted octanol–water partition coefficient (Wildman–Crippen LogP) is 1.26. The van der Waals surface area contributed by atoms with Gasteiger partial charge in [0, 0.05) is 13.8 Å². The Morgan fingerprint density at radius 3 is 2.43 bits per heavy atom. The summed E-state index contributed by atoms with van der Waals surface area (Å²) in [6.07, 6.45) is 1.07. The summed E-state index contributed by atoms with van der Waals surface area (Å²) in [7, 11) is 0. The van der Waals surface area contributed by atoms with Gasteiger partial charge in [-0.15, -0.1) is 0 Å². The van der Waals surface area contributed by atoms with Crippen LogP contribution in [-0.2, 0) is 33.4 Å². The van der Waals surface area contributed by atoms with E-state index >= 15 is 0 Å². The first-order valence-electron chi connectivity index (χ1n) is 8.90. The standard InChI is InChI=1S/C20H19NO7/c1-10-5-4-6-13(9-10)21-17(24)15-14-7-8-20(28-14,16(15)18(21)25)19(26-11(2)22)27-12(3)23/h4-9,14-16,19H,1-3H3/t14-,15+,16-,20-/m1/s1. The SMILES string of the molecule is CC(=O)OC(OC(C)=O)[C@]12C=C[C@@H](O1)[C@@H]1C(=O)N(c3cccc(C)c3)C(=O)[C@@H]12. The van der Waals surface area contributed by atoms with E-state index in [1.807, 2.05) is 13.0 Å². The van der Waals surface area contributed by atoms with Crippen molar-refractivity contribution >= 4 is 29.4 Å². The smallest absolute Gasteiger partial charge is 0.305 e. The van der Waals surface area contributed by atoms with E-state index in [-0.39, 0.29) is 5.91 Å². The first-order chi connectivity index (χ1) is 13.2. The summed E-state index contributed by atoms with van der Waals surface area (Å²) in [6, 6.07) is 7.05. The Morgan fingerprint density at radius 1 is 1.14 bits per heavy atom. The van der Waals surface area contributed by atoms with E-state index in [0.717, 1.165) is 24.3 Å². The zero-order chi connectivity index (χ0) is 20.2. The fourth-order valence-electron chi connectivity index (χ4n) is 4.24. The number of nitrogens with zero attached hydrogens (tertiary/aromatic N) is 1. The van der Waals surface area contributed by atoms with Crippen molar-refractivity contribution in [2.24, 2.45) is 11.8 Å². The van der Waals surface area contributed by atoms with Crippen LogP contribution in [0.5, 0.6) is 0 Å². The summed E-state index contributed by atoms with van der Waals surface area (Å²) < 4.78 is 16.3. The number of rotatable bonds is 4. The van der Waals surface area contributed by atoms with Gasteiger partial charge in [0.25, 0.3) is 6.29 Å². The molecule has 1 aromatic carbocycles. The molecule has 3 heterocycles. The van der Waals surface area contributed by atoms with Gasteiger partial charge in [-0.25, -0.2) is 4.90 Å². The monoisotopic (exact) mass is 385 g/mol. The number of fused-ring (bicyclic) bond motifs is 5. The number of ether oxygens (including phenoxy) is 3. The van der Waals surface area contributed by atoms with Gasteiger partial charge in [0.1, 0.15) is 0 Å². The van der Waals surface area contributed by atoms with E-state index in [4.69, 9.17) is 14.2 Å². The topological polar surface area (TPSA) is 99.2 Å². The number of imide groups is 1. The number of anilines is 1. The van der Waals surface area contributed by atoms with Gasteiger partial charge in [-0.1, -0.05) is 18.2 Å². The summed E-state index contributed by atoms with van der Waals surface area (Å²) in [6.45, 7) is 4.19. The lowest BCUT2D eigenvalue weighted by Crippen LogP contribution is -2.52. The summed E-state index contributed by atoms with van der Waals surface area (Å²) in [5.74, 6) is -3.99. The summed E-state index contributed by atoms with van der Waals surface area (Å²) in [4.78, 5) is 50.7. The Morgan fingerprint density at radius 2 is 1.82 bits per heavy atom. The number of carbonyl (C=O) groups is 4. The van der Waals surface area contributed by atoms with E-state index in [9.17, 15) is 19.2 Å². The first kappa shape index (κ1) is 18.4. The van der Waals surface area contributed by atoms with E-state index < -0.39 is 47.7 Å². The third-order valence-electron chi connectivity index (χ3n) is 5.25. The number of aryl methyl sites for hydroxylation is 1. The van der Waals surface area contributed by atoms with Crippen molar-refractivity contribution in [1.82, 2.24) is 0 Å². The highest BCUT2D eigenvalue weighted by Crippen LogP contribution is 2.54. The molecule has 4 rings (SSSR count). The fourth-order valence-corrected chi connectivity index (χ4v) is 4.24. The molecular formula is C20H19NO7. The molecule has 0 radical (unpaired) electrons. The lowest BCUT2D eigenvalue weighted by atomic mass is 9.76. The van der Waals surface area contributed by atoms with Crippen LogP contribution in [0.2, 0.25) is 0 Å². The molecule has 0 N–H and O–H groups in total. The molecule has 0 spiro atoms. The Kier molecular flexibility index (Phi) is 4.11. The Hall–Kier alpha value is -3.00. The highest BCUT2D eigenvalue weighted by molar-refractivity contribution is 6.23. The number of esters is 2. The molecule has 2 fully saturated rings. The number of benzene rings is 1. The van der Waals surface area contributed by atoms with Crippen molar-refractivity contribution in [1.29, 1.82) is 0 Å². The molecule has 1 aromatic rings. The molecule has 2 bridgehead atoms. The van der Waals surface area contributed by atoms with Crippen molar-refractivity contribution in [2.75, 3.05) is 4.90 Å². The van der Waals surface area contributed by atoms with Crippen molar-refractivity contribution in [3.05, 3.63) is 42.0 Å². The van der Waals surface area contributed by atoms with E-state index in [1.165, 1.54) is 0 Å². The minimum Gasteiger partial charge on any atom is -0.422 e. The van der Waals surface area contributed by atoms with Gasteiger partial charge in [0.2, 0.25) is 11.8 Å². The van der Waals surface area contributed by atoms with Crippen LogP contribution in [0.15, 0.2) is 36.4 Å². The lowest BCUT2D eigenvalue weighted by molar-refractivity contribution is -0.226. The Labute approximate surface area is 161 Å². The second kappa shape index (κ2) is 6.27. The van der Waals surface area contributed by atoms with Gasteiger partial charge in [0.15, 0.2) is 5.60 Å². The second-order valence-corrected chi connectivity index (χ2v) is 7.20. The lowest BCUT2D eigenvalue weighted by Gasteiger charge is -2.34. The molecule has 2 amide bonds. The minimum atomic E-state index is -1.53. The maximum absolute atomic E-state index is 13.3. The van der Waals surface area contributed by atoms with Gasteiger partial charge in [0.05, 0.1) is 23.6 Å². The molecule has 3 aliphatic rings. The van der Waals surface area contributed by atoms with Crippen molar-refractivity contribution < 1.29 is 33.4 Å². The average Bonchev–Trinajstić information content (AvgIpc) is 3.25. The number of hydrogen-bond donors (Lipinski definition) is 0. The van der Waals surface area contributed by atoms with Crippen LogP contribution < -0.4 is 4.90 Å². The molecule has 0 unspecified atom stereocenters. The highest BCUT2D eigenvalue weighted by Gasteiger charge is 2.72. The van der Waals surface area contributed by atoms with Crippen molar-refractivity contribution in [3.63, 3.8) is 0 Å². The number of amides is 2. The molecule has 4 atom stereocenters. The van der Waals surface area contributed by atoms with Crippen LogP contribution in [0.1, 0.15) is 19.4 Å². The average molecular weight is 385 g/mol. The second-order valence-electron chi connectivity index (χ2n) is 7.20.